The van der Waals surface area contributed by atoms with Crippen LogP contribution in [0.15, 0.2) is 30.6 Å². The van der Waals surface area contributed by atoms with Gasteiger partial charge in [-0.3, -0.25) is 14.5 Å². The van der Waals surface area contributed by atoms with Crippen molar-refractivity contribution in [3.8, 4) is 0 Å². The van der Waals surface area contributed by atoms with Crippen LogP contribution in [-0.2, 0) is 9.59 Å². The van der Waals surface area contributed by atoms with E-state index in [9.17, 15) is 9.59 Å². The molecule has 5 nitrogen and oxygen atoms in total. The number of anilines is 1. The zero-order chi connectivity index (χ0) is 14.1. The Hall–Kier alpha value is -1.95. The topological polar surface area (TPSA) is 63.2 Å². The Morgan fingerprint density at radius 1 is 1.35 bits per heavy atom. The highest BCUT2D eigenvalue weighted by Crippen LogP contribution is 2.30. The second-order valence-electron chi connectivity index (χ2n) is 4.65. The number of carbonyl (C=O) groups excluding carboxylic acids is 2. The molecule has 0 spiro atoms. The number of aromatic nitrogens is 2. The molecule has 2 aromatic rings. The first-order chi connectivity index (χ1) is 9.65. The van der Waals surface area contributed by atoms with Crippen molar-refractivity contribution in [3.05, 3.63) is 30.6 Å². The van der Waals surface area contributed by atoms with Crippen molar-refractivity contribution in [2.45, 2.75) is 18.6 Å². The summed E-state index contributed by atoms with van der Waals surface area (Å²) in [5.74, 6) is 0.639. The van der Waals surface area contributed by atoms with Crippen LogP contribution in [0.3, 0.4) is 0 Å². The van der Waals surface area contributed by atoms with Crippen LogP contribution in [0.4, 0.5) is 5.82 Å². The monoisotopic (exact) mass is 287 g/mol. The molecule has 0 saturated carbocycles. The zero-order valence-electron chi connectivity index (χ0n) is 10.9. The summed E-state index contributed by atoms with van der Waals surface area (Å²) in [4.78, 5) is 33.4. The number of carbonyl (C=O) groups is 2. The molecule has 3 rings (SSSR count). The van der Waals surface area contributed by atoms with Crippen LogP contribution in [0, 0.1) is 0 Å². The molecule has 1 atom stereocenters. The molecule has 102 valence electrons. The van der Waals surface area contributed by atoms with Gasteiger partial charge >= 0.3 is 0 Å². The van der Waals surface area contributed by atoms with Crippen molar-refractivity contribution in [2.24, 2.45) is 0 Å². The standard InChI is InChI=1S/C14H13N3O2S/c1-9(18)20-10-6-13(19)17(7-10)14-11-4-2-3-5-12(11)15-8-16-14/h2-5,8,10H,6-7H2,1H3. The first-order valence-electron chi connectivity index (χ1n) is 6.32. The molecule has 1 fully saturated rings. The molecule has 1 aliphatic heterocycles. The number of thioether (sulfide) groups is 1. The lowest BCUT2D eigenvalue weighted by molar-refractivity contribution is -0.117. The fourth-order valence-corrected chi connectivity index (χ4v) is 3.32. The molecule has 1 unspecified atom stereocenters. The molecule has 6 heteroatoms. The molecular formula is C14H13N3O2S. The summed E-state index contributed by atoms with van der Waals surface area (Å²) in [6.45, 7) is 2.04. The molecule has 0 bridgehead atoms. The van der Waals surface area contributed by atoms with Gasteiger partial charge in [0.05, 0.1) is 5.52 Å². The number of para-hydroxylation sites is 1. The van der Waals surface area contributed by atoms with E-state index < -0.39 is 0 Å². The smallest absolute Gasteiger partial charge is 0.229 e. The molecule has 1 aromatic carbocycles. The van der Waals surface area contributed by atoms with Crippen LogP contribution in [0.25, 0.3) is 10.9 Å². The third-order valence-corrected chi connectivity index (χ3v) is 4.18. The molecule has 2 heterocycles. The predicted molar refractivity (Wildman–Crippen MR) is 78.6 cm³/mol. The van der Waals surface area contributed by atoms with E-state index >= 15 is 0 Å². The van der Waals surface area contributed by atoms with Gasteiger partial charge in [0.25, 0.3) is 0 Å². The quantitative estimate of drug-likeness (QED) is 0.845. The second-order valence-corrected chi connectivity index (χ2v) is 6.13. The van der Waals surface area contributed by atoms with Crippen LogP contribution in [0.2, 0.25) is 0 Å². The molecular weight excluding hydrogens is 274 g/mol. The van der Waals surface area contributed by atoms with E-state index in [1.54, 1.807) is 4.90 Å². The predicted octanol–water partition coefficient (Wildman–Crippen LogP) is 2.01. The minimum absolute atomic E-state index is 0.00704. The Morgan fingerprint density at radius 2 is 2.15 bits per heavy atom. The van der Waals surface area contributed by atoms with E-state index in [4.69, 9.17) is 0 Å². The number of rotatable bonds is 2. The van der Waals surface area contributed by atoms with Crippen molar-refractivity contribution < 1.29 is 9.59 Å². The van der Waals surface area contributed by atoms with Gasteiger partial charge in [-0.1, -0.05) is 23.9 Å². The molecule has 0 radical (unpaired) electrons. The van der Waals surface area contributed by atoms with Gasteiger partial charge in [0.2, 0.25) is 5.91 Å². The third-order valence-electron chi connectivity index (χ3n) is 3.20. The maximum atomic E-state index is 12.2. The lowest BCUT2D eigenvalue weighted by atomic mass is 10.2. The summed E-state index contributed by atoms with van der Waals surface area (Å²) < 4.78 is 0. The van der Waals surface area contributed by atoms with Gasteiger partial charge in [0.1, 0.15) is 12.1 Å². The van der Waals surface area contributed by atoms with Crippen molar-refractivity contribution in [1.82, 2.24) is 9.97 Å². The highest BCUT2D eigenvalue weighted by molar-refractivity contribution is 8.14. The van der Waals surface area contributed by atoms with E-state index in [2.05, 4.69) is 9.97 Å². The van der Waals surface area contributed by atoms with Gasteiger partial charge < -0.3 is 0 Å². The van der Waals surface area contributed by atoms with E-state index in [0.717, 1.165) is 10.9 Å². The van der Waals surface area contributed by atoms with E-state index in [0.29, 0.717) is 18.8 Å². The normalized spacial score (nSPS) is 18.8. The highest BCUT2D eigenvalue weighted by Gasteiger charge is 2.33. The lowest BCUT2D eigenvalue weighted by Gasteiger charge is -2.16. The minimum Gasteiger partial charge on any atom is -0.295 e. The van der Waals surface area contributed by atoms with Crippen LogP contribution in [0.5, 0.6) is 0 Å². The van der Waals surface area contributed by atoms with Gasteiger partial charge in [0.15, 0.2) is 5.12 Å². The maximum Gasteiger partial charge on any atom is 0.229 e. The number of nitrogens with zero attached hydrogens (tertiary/aromatic N) is 3. The average Bonchev–Trinajstić information content (AvgIpc) is 2.78. The Balaban J connectivity index is 1.95. The Labute approximate surface area is 120 Å². The molecule has 1 saturated heterocycles. The Morgan fingerprint density at radius 3 is 2.95 bits per heavy atom. The summed E-state index contributed by atoms with van der Waals surface area (Å²) in [6, 6.07) is 7.60. The van der Waals surface area contributed by atoms with Crippen molar-refractivity contribution in [3.63, 3.8) is 0 Å². The zero-order valence-corrected chi connectivity index (χ0v) is 11.8. The number of benzene rings is 1. The SMILES string of the molecule is CC(=O)SC1CC(=O)N(c2ncnc3ccccc23)C1. The maximum absolute atomic E-state index is 12.2. The van der Waals surface area contributed by atoms with Gasteiger partial charge in [-0.25, -0.2) is 9.97 Å². The first kappa shape index (κ1) is 13.1. The molecule has 1 aliphatic rings. The number of fused-ring (bicyclic) bond motifs is 1. The summed E-state index contributed by atoms with van der Waals surface area (Å²) in [7, 11) is 0. The van der Waals surface area contributed by atoms with Crippen LogP contribution < -0.4 is 4.90 Å². The molecule has 1 amide bonds. The number of hydrogen-bond donors (Lipinski definition) is 0. The molecule has 1 aromatic heterocycles. The van der Waals surface area contributed by atoms with Crippen molar-refractivity contribution in [2.75, 3.05) is 11.4 Å². The molecule has 20 heavy (non-hydrogen) atoms. The average molecular weight is 287 g/mol. The summed E-state index contributed by atoms with van der Waals surface area (Å²) >= 11 is 1.22. The summed E-state index contributed by atoms with van der Waals surface area (Å²) in [5.41, 5.74) is 0.813. The molecule has 0 N–H and O–H groups in total. The Bertz CT molecular complexity index is 684. The minimum atomic E-state index is 0.00704. The van der Waals surface area contributed by atoms with Crippen molar-refractivity contribution in [1.29, 1.82) is 0 Å². The first-order valence-corrected chi connectivity index (χ1v) is 7.20. The third kappa shape index (κ3) is 2.38. The van der Waals surface area contributed by atoms with E-state index in [1.807, 2.05) is 24.3 Å². The number of hydrogen-bond acceptors (Lipinski definition) is 5. The van der Waals surface area contributed by atoms with Gasteiger partial charge in [-0.15, -0.1) is 0 Å². The number of amides is 1. The van der Waals surface area contributed by atoms with E-state index in [1.165, 1.54) is 25.0 Å². The second kappa shape index (κ2) is 5.20. The van der Waals surface area contributed by atoms with E-state index in [-0.39, 0.29) is 16.3 Å². The van der Waals surface area contributed by atoms with Gasteiger partial charge in [-0.2, -0.15) is 0 Å². The summed E-state index contributed by atoms with van der Waals surface area (Å²) in [5, 5.41) is 0.905. The van der Waals surface area contributed by atoms with Gasteiger partial charge in [-0.05, 0) is 12.1 Å². The highest BCUT2D eigenvalue weighted by atomic mass is 32.2. The lowest BCUT2D eigenvalue weighted by Crippen LogP contribution is -2.26. The van der Waals surface area contributed by atoms with Crippen LogP contribution in [0.1, 0.15) is 13.3 Å². The van der Waals surface area contributed by atoms with Crippen LogP contribution >= 0.6 is 11.8 Å². The van der Waals surface area contributed by atoms with Crippen molar-refractivity contribution >= 4 is 39.5 Å². The fraction of sp³-hybridized carbons (Fsp3) is 0.286. The Kier molecular flexibility index (Phi) is 3.40. The molecule has 0 aliphatic carbocycles. The summed E-state index contributed by atoms with van der Waals surface area (Å²) in [6.07, 6.45) is 1.85. The van der Waals surface area contributed by atoms with Crippen LogP contribution in [-0.4, -0.2) is 32.8 Å². The fourth-order valence-electron chi connectivity index (χ4n) is 2.40. The van der Waals surface area contributed by atoms with Gasteiger partial charge in [0, 0.05) is 30.5 Å². The largest absolute Gasteiger partial charge is 0.295 e.